The first-order chi connectivity index (χ1) is 16.0. The second kappa shape index (κ2) is 9.98. The average molecular weight is 481 g/mol. The number of anilines is 1. The van der Waals surface area contributed by atoms with Crippen LogP contribution in [0.5, 0.6) is 0 Å². The molecular formula is C25H24N2O6S. The zero-order valence-electron chi connectivity index (χ0n) is 18.9. The lowest BCUT2D eigenvalue weighted by molar-refractivity contribution is -0.119. The molecule has 3 aromatic rings. The summed E-state index contributed by atoms with van der Waals surface area (Å²) in [6.45, 7) is 4.62. The standard InChI is InChI=1S/C25H24N2O6S/c1-15-8-9-16(2)21(12-15)24(29)19-6-4-5-7-20(19)25(30)33-14-23(28)27-18-11-10-17(3)22(13-18)34(26,31)32/h4-13H,14H2,1-3H3,(H,27,28)(H2,26,31,32). The summed E-state index contributed by atoms with van der Waals surface area (Å²) in [6.07, 6.45) is 0. The number of nitrogens with two attached hydrogens (primary N) is 1. The van der Waals surface area contributed by atoms with Crippen molar-refractivity contribution in [2.75, 3.05) is 11.9 Å². The van der Waals surface area contributed by atoms with Crippen LogP contribution in [0.25, 0.3) is 0 Å². The minimum Gasteiger partial charge on any atom is -0.452 e. The Kier molecular flexibility index (Phi) is 7.29. The highest BCUT2D eigenvalue weighted by molar-refractivity contribution is 7.89. The largest absolute Gasteiger partial charge is 0.452 e. The lowest BCUT2D eigenvalue weighted by atomic mass is 9.94. The van der Waals surface area contributed by atoms with Gasteiger partial charge in [0.2, 0.25) is 10.0 Å². The van der Waals surface area contributed by atoms with Crippen LogP contribution in [0.15, 0.2) is 65.6 Å². The lowest BCUT2D eigenvalue weighted by Gasteiger charge is -2.12. The number of amides is 1. The molecule has 0 aliphatic rings. The van der Waals surface area contributed by atoms with Gasteiger partial charge in [-0.25, -0.2) is 18.4 Å². The molecule has 0 aromatic heterocycles. The van der Waals surface area contributed by atoms with Crippen LogP contribution >= 0.6 is 0 Å². The third-order valence-corrected chi connectivity index (χ3v) is 6.19. The van der Waals surface area contributed by atoms with Crippen LogP contribution in [0.1, 0.15) is 43.0 Å². The molecule has 3 aromatic carbocycles. The molecule has 0 aliphatic carbocycles. The smallest absolute Gasteiger partial charge is 0.339 e. The summed E-state index contributed by atoms with van der Waals surface area (Å²) in [7, 11) is -3.96. The van der Waals surface area contributed by atoms with Gasteiger partial charge in [-0.15, -0.1) is 0 Å². The van der Waals surface area contributed by atoms with Gasteiger partial charge in [-0.3, -0.25) is 9.59 Å². The highest BCUT2D eigenvalue weighted by atomic mass is 32.2. The van der Waals surface area contributed by atoms with E-state index in [0.29, 0.717) is 11.1 Å². The Bertz CT molecular complexity index is 1400. The molecule has 9 heteroatoms. The second-order valence-electron chi connectivity index (χ2n) is 7.84. The van der Waals surface area contributed by atoms with Crippen LogP contribution in [0.2, 0.25) is 0 Å². The summed E-state index contributed by atoms with van der Waals surface area (Å²) in [5.74, 6) is -1.84. The molecular weight excluding hydrogens is 456 g/mol. The Morgan fingerprint density at radius 1 is 0.853 bits per heavy atom. The number of sulfonamides is 1. The van der Waals surface area contributed by atoms with Crippen LogP contribution in [0.4, 0.5) is 5.69 Å². The summed E-state index contributed by atoms with van der Waals surface area (Å²) in [4.78, 5) is 38.0. The van der Waals surface area contributed by atoms with Gasteiger partial charge in [-0.1, -0.05) is 42.0 Å². The van der Waals surface area contributed by atoms with E-state index in [1.54, 1.807) is 25.1 Å². The van der Waals surface area contributed by atoms with Crippen molar-refractivity contribution in [3.63, 3.8) is 0 Å². The molecule has 0 radical (unpaired) electrons. The first-order valence-electron chi connectivity index (χ1n) is 10.3. The molecule has 1 amide bonds. The Morgan fingerprint density at radius 3 is 2.18 bits per heavy atom. The number of aryl methyl sites for hydroxylation is 3. The summed E-state index contributed by atoms with van der Waals surface area (Å²) in [5.41, 5.74) is 2.97. The fourth-order valence-corrected chi connectivity index (χ4v) is 4.18. The van der Waals surface area contributed by atoms with E-state index < -0.39 is 28.5 Å². The molecule has 0 saturated heterocycles. The fraction of sp³-hybridized carbons (Fsp3) is 0.160. The van der Waals surface area contributed by atoms with Crippen molar-refractivity contribution in [2.24, 2.45) is 5.14 Å². The predicted octanol–water partition coefficient (Wildman–Crippen LogP) is 3.29. The van der Waals surface area contributed by atoms with E-state index >= 15 is 0 Å². The topological polar surface area (TPSA) is 133 Å². The van der Waals surface area contributed by atoms with Crippen molar-refractivity contribution >= 4 is 33.4 Å². The molecule has 34 heavy (non-hydrogen) atoms. The zero-order chi connectivity index (χ0) is 25.0. The number of ketones is 1. The lowest BCUT2D eigenvalue weighted by Crippen LogP contribution is -2.22. The second-order valence-corrected chi connectivity index (χ2v) is 9.37. The molecule has 0 bridgehead atoms. The number of benzene rings is 3. The van der Waals surface area contributed by atoms with Gasteiger partial charge < -0.3 is 10.1 Å². The van der Waals surface area contributed by atoms with Gasteiger partial charge in [0.25, 0.3) is 5.91 Å². The van der Waals surface area contributed by atoms with Gasteiger partial charge in [-0.2, -0.15) is 0 Å². The third-order valence-electron chi connectivity index (χ3n) is 5.14. The zero-order valence-corrected chi connectivity index (χ0v) is 19.7. The van der Waals surface area contributed by atoms with Gasteiger partial charge in [-0.05, 0) is 56.2 Å². The first kappa shape index (κ1) is 24.8. The van der Waals surface area contributed by atoms with Gasteiger partial charge >= 0.3 is 5.97 Å². The maximum atomic E-state index is 13.1. The molecule has 0 aliphatic heterocycles. The van der Waals surface area contributed by atoms with Gasteiger partial charge in [0.05, 0.1) is 10.5 Å². The van der Waals surface area contributed by atoms with Crippen molar-refractivity contribution in [3.8, 4) is 0 Å². The number of hydrogen-bond donors (Lipinski definition) is 2. The monoisotopic (exact) mass is 480 g/mol. The number of carbonyl (C=O) groups excluding carboxylic acids is 3. The first-order valence-corrected chi connectivity index (χ1v) is 11.8. The van der Waals surface area contributed by atoms with E-state index in [4.69, 9.17) is 9.88 Å². The van der Waals surface area contributed by atoms with E-state index in [1.807, 2.05) is 26.0 Å². The number of ether oxygens (including phenoxy) is 1. The van der Waals surface area contributed by atoms with Crippen molar-refractivity contribution < 1.29 is 27.5 Å². The highest BCUT2D eigenvalue weighted by Gasteiger charge is 2.21. The van der Waals surface area contributed by atoms with Gasteiger partial charge in [0.1, 0.15) is 0 Å². The number of hydrogen-bond acceptors (Lipinski definition) is 6. The molecule has 176 valence electrons. The average Bonchev–Trinajstić information content (AvgIpc) is 2.79. The number of rotatable bonds is 7. The number of esters is 1. The molecule has 0 fully saturated rings. The number of nitrogens with one attached hydrogen (secondary N) is 1. The summed E-state index contributed by atoms with van der Waals surface area (Å²) < 4.78 is 28.4. The van der Waals surface area contributed by atoms with Gasteiger partial charge in [0.15, 0.2) is 12.4 Å². The number of primary sulfonamides is 1. The summed E-state index contributed by atoms with van der Waals surface area (Å²) >= 11 is 0. The molecule has 3 rings (SSSR count). The Labute approximate surface area is 197 Å². The maximum Gasteiger partial charge on any atom is 0.339 e. The number of carbonyl (C=O) groups is 3. The molecule has 3 N–H and O–H groups in total. The Balaban J connectivity index is 1.73. The Hall–Kier alpha value is -3.82. The quantitative estimate of drug-likeness (QED) is 0.394. The van der Waals surface area contributed by atoms with Crippen LogP contribution in [-0.2, 0) is 19.6 Å². The van der Waals surface area contributed by atoms with Crippen LogP contribution in [0, 0.1) is 20.8 Å². The maximum absolute atomic E-state index is 13.1. The highest BCUT2D eigenvalue weighted by Crippen LogP contribution is 2.21. The molecule has 0 saturated carbocycles. The molecule has 0 atom stereocenters. The minimum atomic E-state index is -3.96. The Morgan fingerprint density at radius 2 is 1.50 bits per heavy atom. The molecule has 0 spiro atoms. The molecule has 0 heterocycles. The van der Waals surface area contributed by atoms with Crippen LogP contribution < -0.4 is 10.5 Å². The van der Waals surface area contributed by atoms with E-state index in [9.17, 15) is 22.8 Å². The summed E-state index contributed by atoms with van der Waals surface area (Å²) in [5, 5.41) is 7.64. The van der Waals surface area contributed by atoms with Crippen molar-refractivity contribution in [1.82, 2.24) is 0 Å². The predicted molar refractivity (Wildman–Crippen MR) is 127 cm³/mol. The van der Waals surface area contributed by atoms with E-state index in [2.05, 4.69) is 5.32 Å². The van der Waals surface area contributed by atoms with E-state index in [0.717, 1.165) is 11.1 Å². The van der Waals surface area contributed by atoms with E-state index in [-0.39, 0.29) is 27.5 Å². The van der Waals surface area contributed by atoms with Crippen molar-refractivity contribution in [3.05, 3.63) is 94.0 Å². The van der Waals surface area contributed by atoms with Crippen LogP contribution in [0.3, 0.4) is 0 Å². The van der Waals surface area contributed by atoms with Crippen LogP contribution in [-0.4, -0.2) is 32.7 Å². The molecule has 8 nitrogen and oxygen atoms in total. The SMILES string of the molecule is Cc1ccc(C)c(C(=O)c2ccccc2C(=O)OCC(=O)Nc2ccc(C)c(S(N)(=O)=O)c2)c1. The third kappa shape index (κ3) is 5.75. The molecule has 0 unspecified atom stereocenters. The van der Waals surface area contributed by atoms with E-state index in [1.165, 1.54) is 30.3 Å². The minimum absolute atomic E-state index is 0.0352. The van der Waals surface area contributed by atoms with Crippen molar-refractivity contribution in [2.45, 2.75) is 25.7 Å². The fourth-order valence-electron chi connectivity index (χ4n) is 3.37. The van der Waals surface area contributed by atoms with Crippen molar-refractivity contribution in [1.29, 1.82) is 0 Å². The normalized spacial score (nSPS) is 11.1. The van der Waals surface area contributed by atoms with Gasteiger partial charge in [0, 0.05) is 16.8 Å². The summed E-state index contributed by atoms with van der Waals surface area (Å²) in [6, 6.07) is 15.9.